The molecule has 1 heterocycles. The summed E-state index contributed by atoms with van der Waals surface area (Å²) in [6, 6.07) is 1.40. The summed E-state index contributed by atoms with van der Waals surface area (Å²) in [7, 11) is 0. The molecular weight excluding hydrogens is 313 g/mol. The number of carbonyl (C=O) groups is 1. The van der Waals surface area contributed by atoms with Gasteiger partial charge in [-0.2, -0.15) is 13.2 Å². The van der Waals surface area contributed by atoms with Crippen LogP contribution in [0.3, 0.4) is 0 Å². The highest BCUT2D eigenvalue weighted by atomic mass is 19.4. The van der Waals surface area contributed by atoms with Crippen molar-refractivity contribution in [2.45, 2.75) is 50.9 Å². The Balaban J connectivity index is 2.25. The number of carbonyl (C=O) groups excluding carboxylic acids is 1. The van der Waals surface area contributed by atoms with Crippen molar-refractivity contribution in [2.24, 2.45) is 0 Å². The summed E-state index contributed by atoms with van der Waals surface area (Å²) in [5.74, 6) is -1.02. The van der Waals surface area contributed by atoms with Gasteiger partial charge in [0.05, 0.1) is 6.10 Å². The highest BCUT2D eigenvalue weighted by Gasteiger charge is 2.29. The van der Waals surface area contributed by atoms with Crippen LogP contribution < -0.4 is 10.9 Å². The maximum atomic E-state index is 12.5. The molecular formula is C15H19F3N2O3. The Morgan fingerprint density at radius 3 is 2.52 bits per heavy atom. The van der Waals surface area contributed by atoms with Crippen LogP contribution in [-0.2, 0) is 0 Å². The van der Waals surface area contributed by atoms with Gasteiger partial charge in [0.1, 0.15) is 12.1 Å². The molecule has 1 amide bonds. The van der Waals surface area contributed by atoms with Gasteiger partial charge in [-0.15, -0.1) is 0 Å². The number of hydrogen-bond donors (Lipinski definition) is 2. The van der Waals surface area contributed by atoms with Gasteiger partial charge in [-0.05, 0) is 44.2 Å². The number of nitrogens with zero attached hydrogens (tertiary/aromatic N) is 1. The number of halogens is 3. The standard InChI is InChI=1S/C15H19F3N2O3/c1-9-6-7-20(10-2-4-11(21)5-3-10)14(23)12(9)13(22)19-8-15(16,17)18/h6-7,10-11,21H,2-5,8H2,1H3,(H,19,22). The van der Waals surface area contributed by atoms with Crippen molar-refractivity contribution < 1.29 is 23.1 Å². The second-order valence-electron chi connectivity index (χ2n) is 5.85. The maximum Gasteiger partial charge on any atom is 0.405 e. The Morgan fingerprint density at radius 2 is 1.96 bits per heavy atom. The Bertz CT molecular complexity index is 632. The summed E-state index contributed by atoms with van der Waals surface area (Å²) in [4.78, 5) is 24.5. The summed E-state index contributed by atoms with van der Waals surface area (Å²) in [6.45, 7) is 0.0358. The van der Waals surface area contributed by atoms with Crippen molar-refractivity contribution in [1.82, 2.24) is 9.88 Å². The van der Waals surface area contributed by atoms with Crippen LogP contribution in [0, 0.1) is 6.92 Å². The number of aliphatic hydroxyl groups excluding tert-OH is 1. The molecule has 0 atom stereocenters. The van der Waals surface area contributed by atoms with E-state index in [1.54, 1.807) is 17.6 Å². The minimum Gasteiger partial charge on any atom is -0.393 e. The van der Waals surface area contributed by atoms with Gasteiger partial charge in [-0.3, -0.25) is 9.59 Å². The van der Waals surface area contributed by atoms with Crippen molar-refractivity contribution >= 4 is 5.91 Å². The van der Waals surface area contributed by atoms with Gasteiger partial charge in [0, 0.05) is 12.2 Å². The molecule has 2 N–H and O–H groups in total. The molecule has 0 saturated heterocycles. The predicted molar refractivity (Wildman–Crippen MR) is 77.3 cm³/mol. The number of alkyl halides is 3. The molecule has 2 rings (SSSR count). The summed E-state index contributed by atoms with van der Waals surface area (Å²) < 4.78 is 38.0. The molecule has 1 saturated carbocycles. The molecule has 1 aromatic heterocycles. The van der Waals surface area contributed by atoms with Crippen molar-refractivity contribution in [1.29, 1.82) is 0 Å². The molecule has 0 radical (unpaired) electrons. The molecule has 1 aliphatic rings. The van der Waals surface area contributed by atoms with Gasteiger partial charge in [-0.25, -0.2) is 0 Å². The predicted octanol–water partition coefficient (Wildman–Crippen LogP) is 1.92. The molecule has 5 nitrogen and oxygen atoms in total. The van der Waals surface area contributed by atoms with Crippen LogP contribution in [0.4, 0.5) is 13.2 Å². The first kappa shape index (κ1) is 17.5. The topological polar surface area (TPSA) is 71.3 Å². The van der Waals surface area contributed by atoms with E-state index in [4.69, 9.17) is 0 Å². The highest BCUT2D eigenvalue weighted by Crippen LogP contribution is 2.27. The molecule has 0 aromatic carbocycles. The van der Waals surface area contributed by atoms with Gasteiger partial charge in [0.15, 0.2) is 0 Å². The van der Waals surface area contributed by atoms with E-state index in [2.05, 4.69) is 0 Å². The third-order valence-corrected chi connectivity index (χ3v) is 4.06. The van der Waals surface area contributed by atoms with Gasteiger partial charge in [-0.1, -0.05) is 0 Å². The lowest BCUT2D eigenvalue weighted by molar-refractivity contribution is -0.123. The first-order valence-electron chi connectivity index (χ1n) is 7.44. The van der Waals surface area contributed by atoms with E-state index in [-0.39, 0.29) is 17.7 Å². The van der Waals surface area contributed by atoms with Gasteiger partial charge in [0.25, 0.3) is 11.5 Å². The van der Waals surface area contributed by atoms with Crippen LogP contribution in [0.1, 0.15) is 47.6 Å². The van der Waals surface area contributed by atoms with Crippen LogP contribution >= 0.6 is 0 Å². The fraction of sp³-hybridized carbons (Fsp3) is 0.600. The SMILES string of the molecule is Cc1ccn(C2CCC(O)CC2)c(=O)c1C(=O)NCC(F)(F)F. The van der Waals surface area contributed by atoms with Gasteiger partial charge in [0.2, 0.25) is 0 Å². The van der Waals surface area contributed by atoms with E-state index in [9.17, 15) is 27.9 Å². The smallest absolute Gasteiger partial charge is 0.393 e. The average Bonchev–Trinajstić information content (AvgIpc) is 2.46. The Morgan fingerprint density at radius 1 is 1.35 bits per heavy atom. The van der Waals surface area contributed by atoms with E-state index in [1.807, 2.05) is 0 Å². The van der Waals surface area contributed by atoms with Crippen LogP contribution in [-0.4, -0.2) is 34.4 Å². The van der Waals surface area contributed by atoms with E-state index in [1.165, 1.54) is 11.5 Å². The summed E-state index contributed by atoms with van der Waals surface area (Å²) in [5, 5.41) is 11.3. The Labute approximate surface area is 131 Å². The van der Waals surface area contributed by atoms with Crippen LogP contribution in [0.15, 0.2) is 17.1 Å². The van der Waals surface area contributed by atoms with E-state index >= 15 is 0 Å². The first-order chi connectivity index (χ1) is 10.7. The molecule has 0 unspecified atom stereocenters. The molecule has 128 valence electrons. The number of aromatic nitrogens is 1. The van der Waals surface area contributed by atoms with E-state index in [0.29, 0.717) is 31.2 Å². The molecule has 1 aliphatic carbocycles. The normalized spacial score (nSPS) is 22.0. The number of rotatable bonds is 3. The first-order valence-corrected chi connectivity index (χ1v) is 7.44. The summed E-state index contributed by atoms with van der Waals surface area (Å²) in [5.41, 5.74) is -0.518. The quantitative estimate of drug-likeness (QED) is 0.888. The van der Waals surface area contributed by atoms with Crippen molar-refractivity contribution in [3.63, 3.8) is 0 Å². The van der Waals surface area contributed by atoms with Crippen molar-refractivity contribution in [3.05, 3.63) is 33.7 Å². The third kappa shape index (κ3) is 4.34. The summed E-state index contributed by atoms with van der Waals surface area (Å²) >= 11 is 0. The van der Waals surface area contributed by atoms with Crippen LogP contribution in [0.25, 0.3) is 0 Å². The lowest BCUT2D eigenvalue weighted by Crippen LogP contribution is -2.39. The molecule has 8 heteroatoms. The van der Waals surface area contributed by atoms with E-state index in [0.717, 1.165) is 0 Å². The maximum absolute atomic E-state index is 12.5. The molecule has 0 spiro atoms. The number of pyridine rings is 1. The molecule has 1 fully saturated rings. The van der Waals surface area contributed by atoms with E-state index < -0.39 is 24.2 Å². The minimum absolute atomic E-state index is 0.152. The zero-order valence-corrected chi connectivity index (χ0v) is 12.7. The van der Waals surface area contributed by atoms with Crippen LogP contribution in [0.5, 0.6) is 0 Å². The second kappa shape index (κ2) is 6.74. The second-order valence-corrected chi connectivity index (χ2v) is 5.85. The number of aliphatic hydroxyl groups is 1. The Kier molecular flexibility index (Phi) is 5.13. The Hall–Kier alpha value is -1.83. The molecule has 1 aromatic rings. The van der Waals surface area contributed by atoms with Crippen molar-refractivity contribution in [3.8, 4) is 0 Å². The zero-order chi connectivity index (χ0) is 17.2. The summed E-state index contributed by atoms with van der Waals surface area (Å²) in [6.07, 6.45) is -1.07. The fourth-order valence-electron chi connectivity index (χ4n) is 2.81. The fourth-order valence-corrected chi connectivity index (χ4v) is 2.81. The number of aryl methyl sites for hydroxylation is 1. The lowest BCUT2D eigenvalue weighted by Gasteiger charge is -2.27. The molecule has 0 aliphatic heterocycles. The molecule has 23 heavy (non-hydrogen) atoms. The van der Waals surface area contributed by atoms with Gasteiger partial charge < -0.3 is 15.0 Å². The molecule has 0 bridgehead atoms. The average molecular weight is 332 g/mol. The minimum atomic E-state index is -4.53. The highest BCUT2D eigenvalue weighted by molar-refractivity contribution is 5.95. The largest absolute Gasteiger partial charge is 0.405 e. The number of hydrogen-bond acceptors (Lipinski definition) is 3. The monoisotopic (exact) mass is 332 g/mol. The number of amides is 1. The van der Waals surface area contributed by atoms with Gasteiger partial charge >= 0.3 is 6.18 Å². The van der Waals surface area contributed by atoms with Crippen LogP contribution in [0.2, 0.25) is 0 Å². The zero-order valence-electron chi connectivity index (χ0n) is 12.7. The third-order valence-electron chi connectivity index (χ3n) is 4.06. The van der Waals surface area contributed by atoms with Crippen molar-refractivity contribution in [2.75, 3.05) is 6.54 Å². The number of nitrogens with one attached hydrogen (secondary N) is 1. The lowest BCUT2D eigenvalue weighted by atomic mass is 9.92.